The van der Waals surface area contributed by atoms with E-state index >= 15 is 0 Å². The lowest BCUT2D eigenvalue weighted by Gasteiger charge is -2.21. The maximum absolute atomic E-state index is 13.1. The van der Waals surface area contributed by atoms with Gasteiger partial charge in [-0.1, -0.05) is 6.42 Å². The molecule has 0 aromatic heterocycles. The average molecular weight is 340 g/mol. The molecule has 2 amide bonds. The van der Waals surface area contributed by atoms with Crippen LogP contribution in [0.3, 0.4) is 0 Å². The van der Waals surface area contributed by atoms with Crippen LogP contribution in [-0.2, 0) is 9.59 Å². The molecule has 1 aromatic carbocycles. The third kappa shape index (κ3) is 6.23. The molecule has 132 valence electrons. The molecule has 0 bridgehead atoms. The average Bonchev–Trinajstić information content (AvgIpc) is 2.51. The van der Waals surface area contributed by atoms with Crippen LogP contribution in [0.25, 0.3) is 0 Å². The summed E-state index contributed by atoms with van der Waals surface area (Å²) in [6.45, 7) is 2.13. The van der Waals surface area contributed by atoms with Crippen molar-refractivity contribution in [2.24, 2.45) is 0 Å². The van der Waals surface area contributed by atoms with Crippen LogP contribution >= 0.6 is 0 Å². The number of hydrogen-bond acceptors (Lipinski definition) is 2. The van der Waals surface area contributed by atoms with Gasteiger partial charge in [0.15, 0.2) is 18.2 Å². The molecular weight excluding hydrogens is 316 g/mol. The zero-order valence-corrected chi connectivity index (χ0v) is 13.7. The summed E-state index contributed by atoms with van der Waals surface area (Å²) in [4.78, 5) is 24.9. The first-order chi connectivity index (χ1) is 11.5. The topological polar surface area (TPSA) is 62.6 Å². The van der Waals surface area contributed by atoms with Gasteiger partial charge in [0.2, 0.25) is 5.91 Å². The van der Waals surface area contributed by atoms with Crippen molar-refractivity contribution >= 4 is 17.5 Å². The second-order valence-electron chi connectivity index (χ2n) is 6.15. The first kappa shape index (κ1) is 18.3. The second-order valence-corrected chi connectivity index (χ2v) is 6.15. The number of nitrogens with one attached hydrogen (secondary N) is 3. The molecule has 1 fully saturated rings. The predicted molar refractivity (Wildman–Crippen MR) is 86.6 cm³/mol. The fraction of sp³-hybridized carbons (Fsp3) is 0.529. The number of benzene rings is 1. The molecule has 1 aliphatic rings. The van der Waals surface area contributed by atoms with Crippen molar-refractivity contribution < 1.29 is 23.3 Å². The number of quaternary nitrogens is 1. The van der Waals surface area contributed by atoms with E-state index < -0.39 is 17.5 Å². The summed E-state index contributed by atoms with van der Waals surface area (Å²) in [6.07, 6.45) is 5.94. The molecule has 7 heteroatoms. The van der Waals surface area contributed by atoms with E-state index in [1.54, 1.807) is 0 Å². The zero-order chi connectivity index (χ0) is 17.4. The number of likely N-dealkylation sites (tertiary alicyclic amines) is 1. The highest BCUT2D eigenvalue weighted by atomic mass is 19.2. The Kier molecular flexibility index (Phi) is 7.11. The number of rotatable bonds is 5. The Bertz CT molecular complexity index is 573. The molecule has 24 heavy (non-hydrogen) atoms. The molecule has 0 spiro atoms. The minimum Gasteiger partial charge on any atom is -0.342 e. The van der Waals surface area contributed by atoms with Gasteiger partial charge >= 0.3 is 0 Å². The lowest BCUT2D eigenvalue weighted by atomic mass is 10.1. The van der Waals surface area contributed by atoms with Crippen LogP contribution in [-0.4, -0.2) is 38.0 Å². The number of halogens is 2. The van der Waals surface area contributed by atoms with Gasteiger partial charge in [0, 0.05) is 11.8 Å². The first-order valence-electron chi connectivity index (χ1n) is 8.40. The molecule has 1 heterocycles. The molecule has 0 saturated carbocycles. The quantitative estimate of drug-likeness (QED) is 0.745. The van der Waals surface area contributed by atoms with E-state index in [0.29, 0.717) is 6.54 Å². The van der Waals surface area contributed by atoms with Crippen molar-refractivity contribution in [3.63, 3.8) is 0 Å². The summed E-state index contributed by atoms with van der Waals surface area (Å²) in [5, 5.41) is 4.99. The normalized spacial score (nSPS) is 16.1. The van der Waals surface area contributed by atoms with Crippen LogP contribution in [0.15, 0.2) is 18.2 Å². The SMILES string of the molecule is O=C(C[NH+]1CCCCCCC1)NCC(=O)Nc1ccc(F)c(F)c1. The van der Waals surface area contributed by atoms with Crippen LogP contribution in [0.5, 0.6) is 0 Å². The Morgan fingerprint density at radius 1 is 0.958 bits per heavy atom. The fourth-order valence-corrected chi connectivity index (χ4v) is 2.83. The number of anilines is 1. The minimum atomic E-state index is -1.03. The van der Waals surface area contributed by atoms with Crippen molar-refractivity contribution in [3.8, 4) is 0 Å². The van der Waals surface area contributed by atoms with Crippen LogP contribution in [0.4, 0.5) is 14.5 Å². The first-order valence-corrected chi connectivity index (χ1v) is 8.40. The molecule has 5 nitrogen and oxygen atoms in total. The third-order valence-corrected chi connectivity index (χ3v) is 4.12. The Balaban J connectivity index is 1.72. The van der Waals surface area contributed by atoms with Crippen molar-refractivity contribution in [2.45, 2.75) is 32.1 Å². The highest BCUT2D eigenvalue weighted by Gasteiger charge is 2.16. The maximum Gasteiger partial charge on any atom is 0.275 e. The van der Waals surface area contributed by atoms with Crippen molar-refractivity contribution in [1.82, 2.24) is 5.32 Å². The molecule has 0 radical (unpaired) electrons. The van der Waals surface area contributed by atoms with E-state index in [1.165, 1.54) is 30.2 Å². The Labute approximate surface area is 140 Å². The Hall–Kier alpha value is -2.02. The van der Waals surface area contributed by atoms with Gasteiger partial charge in [-0.2, -0.15) is 0 Å². The number of amides is 2. The van der Waals surface area contributed by atoms with Gasteiger partial charge in [0.25, 0.3) is 5.91 Å². The molecule has 0 atom stereocenters. The van der Waals surface area contributed by atoms with Crippen LogP contribution in [0.2, 0.25) is 0 Å². The van der Waals surface area contributed by atoms with Crippen LogP contribution < -0.4 is 15.5 Å². The Morgan fingerprint density at radius 3 is 2.29 bits per heavy atom. The summed E-state index contributed by atoms with van der Waals surface area (Å²) < 4.78 is 25.9. The molecule has 1 aliphatic heterocycles. The fourth-order valence-electron chi connectivity index (χ4n) is 2.83. The number of carbonyl (C=O) groups excluding carboxylic acids is 2. The lowest BCUT2D eigenvalue weighted by Crippen LogP contribution is -3.13. The number of hydrogen-bond donors (Lipinski definition) is 3. The largest absolute Gasteiger partial charge is 0.342 e. The summed E-state index contributed by atoms with van der Waals surface area (Å²) in [5.74, 6) is -2.65. The van der Waals surface area contributed by atoms with Gasteiger partial charge in [-0.05, 0) is 37.8 Å². The maximum atomic E-state index is 13.1. The summed E-state index contributed by atoms with van der Waals surface area (Å²) in [7, 11) is 0. The van der Waals surface area contributed by atoms with Crippen LogP contribution in [0, 0.1) is 11.6 Å². The van der Waals surface area contributed by atoms with E-state index in [4.69, 9.17) is 0 Å². The summed E-state index contributed by atoms with van der Waals surface area (Å²) in [5.41, 5.74) is 0.155. The van der Waals surface area contributed by atoms with E-state index in [0.717, 1.165) is 38.1 Å². The van der Waals surface area contributed by atoms with Crippen molar-refractivity contribution in [3.05, 3.63) is 29.8 Å². The molecule has 2 rings (SSSR count). The van der Waals surface area contributed by atoms with Gasteiger partial charge in [-0.15, -0.1) is 0 Å². The van der Waals surface area contributed by atoms with Gasteiger partial charge < -0.3 is 15.5 Å². The van der Waals surface area contributed by atoms with Crippen molar-refractivity contribution in [1.29, 1.82) is 0 Å². The number of carbonyl (C=O) groups is 2. The van der Waals surface area contributed by atoms with Gasteiger partial charge in [-0.3, -0.25) is 9.59 Å². The van der Waals surface area contributed by atoms with Gasteiger partial charge in [-0.25, -0.2) is 8.78 Å². The monoisotopic (exact) mass is 340 g/mol. The minimum absolute atomic E-state index is 0.155. The van der Waals surface area contributed by atoms with Gasteiger partial charge in [0.05, 0.1) is 19.6 Å². The molecule has 0 unspecified atom stereocenters. The smallest absolute Gasteiger partial charge is 0.275 e. The molecule has 0 aliphatic carbocycles. The second kappa shape index (κ2) is 9.32. The molecule has 1 aromatic rings. The highest BCUT2D eigenvalue weighted by molar-refractivity contribution is 5.94. The van der Waals surface area contributed by atoms with Gasteiger partial charge in [0.1, 0.15) is 0 Å². The van der Waals surface area contributed by atoms with Crippen molar-refractivity contribution in [2.75, 3.05) is 31.5 Å². The van der Waals surface area contributed by atoms with E-state index in [9.17, 15) is 18.4 Å². The zero-order valence-electron chi connectivity index (χ0n) is 13.7. The molecule has 3 N–H and O–H groups in total. The molecular formula is C17H24F2N3O2+. The molecule has 1 saturated heterocycles. The summed E-state index contributed by atoms with van der Waals surface area (Å²) >= 11 is 0. The van der Waals surface area contributed by atoms with E-state index in [-0.39, 0.29) is 18.1 Å². The summed E-state index contributed by atoms with van der Waals surface area (Å²) in [6, 6.07) is 3.11. The van der Waals surface area contributed by atoms with E-state index in [2.05, 4.69) is 10.6 Å². The highest BCUT2D eigenvalue weighted by Crippen LogP contribution is 2.12. The standard InChI is InChI=1S/C17H23F2N3O2/c18-14-7-6-13(10-15(14)19)21-16(23)11-20-17(24)12-22-8-4-2-1-3-5-9-22/h6-7,10H,1-5,8-9,11-12H2,(H,20,24)(H,21,23)/p+1. The van der Waals surface area contributed by atoms with Crippen LogP contribution in [0.1, 0.15) is 32.1 Å². The Morgan fingerprint density at radius 2 is 1.62 bits per heavy atom. The lowest BCUT2D eigenvalue weighted by molar-refractivity contribution is -0.893. The van der Waals surface area contributed by atoms with E-state index in [1.807, 2.05) is 0 Å². The third-order valence-electron chi connectivity index (χ3n) is 4.12. The predicted octanol–water partition coefficient (Wildman–Crippen LogP) is 0.868.